The van der Waals surface area contributed by atoms with Crippen LogP contribution >= 0.6 is 15.9 Å². The summed E-state index contributed by atoms with van der Waals surface area (Å²) < 4.78 is 1.16. The van der Waals surface area contributed by atoms with Gasteiger partial charge in [-0.15, -0.1) is 6.58 Å². The zero-order chi connectivity index (χ0) is 12.3. The normalized spacial score (nSPS) is 23.2. The van der Waals surface area contributed by atoms with Gasteiger partial charge in [0.25, 0.3) is 0 Å². The Kier molecular flexibility index (Phi) is 4.02. The average molecular weight is 295 g/mol. The van der Waals surface area contributed by atoms with Crippen molar-refractivity contribution in [2.45, 2.75) is 24.8 Å². The molecule has 1 atom stereocenters. The summed E-state index contributed by atoms with van der Waals surface area (Å²) in [7, 11) is 0. The third-order valence-electron chi connectivity index (χ3n) is 3.58. The van der Waals surface area contributed by atoms with E-state index in [0.717, 1.165) is 30.3 Å². The highest BCUT2D eigenvalue weighted by atomic mass is 79.9. The van der Waals surface area contributed by atoms with Crippen LogP contribution < -0.4 is 11.1 Å². The van der Waals surface area contributed by atoms with Crippen LogP contribution in [0.2, 0.25) is 0 Å². The highest BCUT2D eigenvalue weighted by molar-refractivity contribution is 9.10. The minimum absolute atomic E-state index is 0.0506. The van der Waals surface area contributed by atoms with E-state index < -0.39 is 0 Å². The lowest BCUT2D eigenvalue weighted by Gasteiger charge is -2.38. The number of hydrogen-bond donors (Lipinski definition) is 2. The number of rotatable bonds is 4. The van der Waals surface area contributed by atoms with Crippen molar-refractivity contribution in [1.29, 1.82) is 0 Å². The first-order valence-corrected chi connectivity index (χ1v) is 6.82. The lowest BCUT2D eigenvalue weighted by molar-refractivity contribution is 0.305. The Labute approximate surface area is 111 Å². The summed E-state index contributed by atoms with van der Waals surface area (Å²) in [6.45, 7) is 5.26. The lowest BCUT2D eigenvalue weighted by atomic mass is 9.78. The topological polar surface area (TPSA) is 38.0 Å². The number of fused-ring (bicyclic) bond motifs is 1. The molecule has 1 aliphatic rings. The highest BCUT2D eigenvalue weighted by Gasteiger charge is 2.32. The van der Waals surface area contributed by atoms with E-state index in [1.54, 1.807) is 0 Å². The van der Waals surface area contributed by atoms with Gasteiger partial charge in [0.15, 0.2) is 0 Å². The van der Waals surface area contributed by atoms with Crippen molar-refractivity contribution >= 4 is 15.9 Å². The maximum absolute atomic E-state index is 5.96. The molecule has 0 aliphatic heterocycles. The van der Waals surface area contributed by atoms with E-state index in [2.05, 4.69) is 46.0 Å². The van der Waals surface area contributed by atoms with Gasteiger partial charge in [0, 0.05) is 23.1 Å². The number of hydrogen-bond acceptors (Lipinski definition) is 2. The SMILES string of the molecule is C=CCNC1(CN)CCc2cc(Br)ccc2C1. The molecule has 0 heterocycles. The number of aryl methyl sites for hydroxylation is 1. The number of halogens is 1. The maximum Gasteiger partial charge on any atom is 0.0350 e. The van der Waals surface area contributed by atoms with Gasteiger partial charge in [-0.25, -0.2) is 0 Å². The summed E-state index contributed by atoms with van der Waals surface area (Å²) in [6, 6.07) is 6.54. The van der Waals surface area contributed by atoms with Crippen LogP contribution in [-0.4, -0.2) is 18.6 Å². The first-order valence-electron chi connectivity index (χ1n) is 6.02. The molecular weight excluding hydrogens is 276 g/mol. The maximum atomic E-state index is 5.96. The molecule has 3 heteroatoms. The van der Waals surface area contributed by atoms with Crippen LogP contribution in [0.4, 0.5) is 0 Å². The molecule has 92 valence electrons. The van der Waals surface area contributed by atoms with Crippen molar-refractivity contribution in [3.05, 3.63) is 46.5 Å². The third-order valence-corrected chi connectivity index (χ3v) is 4.08. The van der Waals surface area contributed by atoms with E-state index in [0.29, 0.717) is 6.54 Å². The fraction of sp³-hybridized carbons (Fsp3) is 0.429. The molecule has 1 aliphatic carbocycles. The molecule has 0 saturated carbocycles. The molecule has 3 N–H and O–H groups in total. The zero-order valence-corrected chi connectivity index (χ0v) is 11.6. The largest absolute Gasteiger partial charge is 0.329 e. The van der Waals surface area contributed by atoms with Gasteiger partial charge in [0.2, 0.25) is 0 Å². The van der Waals surface area contributed by atoms with Gasteiger partial charge in [0.05, 0.1) is 0 Å². The minimum atomic E-state index is 0.0506. The van der Waals surface area contributed by atoms with Crippen LogP contribution in [0.5, 0.6) is 0 Å². The van der Waals surface area contributed by atoms with E-state index in [4.69, 9.17) is 5.73 Å². The van der Waals surface area contributed by atoms with E-state index in [9.17, 15) is 0 Å². The molecule has 0 amide bonds. The molecule has 1 aromatic carbocycles. The molecular formula is C14H19BrN2. The number of nitrogens with two attached hydrogens (primary N) is 1. The van der Waals surface area contributed by atoms with Gasteiger partial charge < -0.3 is 11.1 Å². The second kappa shape index (κ2) is 5.34. The molecule has 0 aromatic heterocycles. The van der Waals surface area contributed by atoms with E-state index >= 15 is 0 Å². The Morgan fingerprint density at radius 2 is 2.29 bits per heavy atom. The summed E-state index contributed by atoms with van der Waals surface area (Å²) in [5, 5.41) is 3.54. The third kappa shape index (κ3) is 2.79. The standard InChI is InChI=1S/C14H19BrN2/c1-2-7-17-14(10-16)6-5-11-8-13(15)4-3-12(11)9-14/h2-4,8,17H,1,5-7,9-10,16H2. The first kappa shape index (κ1) is 12.8. The first-order chi connectivity index (χ1) is 8.19. The molecule has 0 saturated heterocycles. The summed E-state index contributed by atoms with van der Waals surface area (Å²) >= 11 is 3.52. The monoisotopic (exact) mass is 294 g/mol. The van der Waals surface area contributed by atoms with Gasteiger partial charge in [0.1, 0.15) is 0 Å². The fourth-order valence-electron chi connectivity index (χ4n) is 2.51. The Morgan fingerprint density at radius 1 is 1.47 bits per heavy atom. The quantitative estimate of drug-likeness (QED) is 0.837. The van der Waals surface area contributed by atoms with Gasteiger partial charge >= 0.3 is 0 Å². The predicted octanol–water partition coefficient (Wildman–Crippen LogP) is 2.41. The Morgan fingerprint density at radius 3 is 3.00 bits per heavy atom. The number of benzene rings is 1. The van der Waals surface area contributed by atoms with Crippen LogP contribution in [0.25, 0.3) is 0 Å². The van der Waals surface area contributed by atoms with Crippen LogP contribution in [0.15, 0.2) is 35.3 Å². The van der Waals surface area contributed by atoms with Crippen LogP contribution in [0.3, 0.4) is 0 Å². The van der Waals surface area contributed by atoms with Crippen LogP contribution in [0, 0.1) is 0 Å². The van der Waals surface area contributed by atoms with Crippen molar-refractivity contribution in [2.24, 2.45) is 5.73 Å². The summed E-state index contributed by atoms with van der Waals surface area (Å²) in [5.41, 5.74) is 8.88. The zero-order valence-electron chi connectivity index (χ0n) is 10.0. The Hall–Kier alpha value is -0.640. The average Bonchev–Trinajstić information content (AvgIpc) is 2.36. The summed E-state index contributed by atoms with van der Waals surface area (Å²) in [5.74, 6) is 0. The lowest BCUT2D eigenvalue weighted by Crippen LogP contribution is -2.54. The van der Waals surface area contributed by atoms with Crippen molar-refractivity contribution in [1.82, 2.24) is 5.32 Å². The minimum Gasteiger partial charge on any atom is -0.329 e. The summed E-state index contributed by atoms with van der Waals surface area (Å²) in [4.78, 5) is 0. The Bertz CT molecular complexity index is 417. The molecule has 2 rings (SSSR count). The fourth-order valence-corrected chi connectivity index (χ4v) is 2.92. The van der Waals surface area contributed by atoms with Crippen molar-refractivity contribution in [3.8, 4) is 0 Å². The van der Waals surface area contributed by atoms with Gasteiger partial charge in [-0.1, -0.05) is 28.1 Å². The molecule has 1 aromatic rings. The second-order valence-electron chi connectivity index (χ2n) is 4.74. The molecule has 0 fully saturated rings. The molecule has 1 unspecified atom stereocenters. The highest BCUT2D eigenvalue weighted by Crippen LogP contribution is 2.30. The van der Waals surface area contributed by atoms with E-state index in [-0.39, 0.29) is 5.54 Å². The van der Waals surface area contributed by atoms with Gasteiger partial charge in [-0.2, -0.15) is 0 Å². The van der Waals surface area contributed by atoms with Crippen molar-refractivity contribution in [2.75, 3.05) is 13.1 Å². The molecule has 17 heavy (non-hydrogen) atoms. The van der Waals surface area contributed by atoms with Crippen LogP contribution in [-0.2, 0) is 12.8 Å². The summed E-state index contributed by atoms with van der Waals surface area (Å²) in [6.07, 6.45) is 5.10. The van der Waals surface area contributed by atoms with Crippen molar-refractivity contribution in [3.63, 3.8) is 0 Å². The molecule has 0 spiro atoms. The van der Waals surface area contributed by atoms with Crippen molar-refractivity contribution < 1.29 is 0 Å². The Balaban J connectivity index is 2.20. The smallest absolute Gasteiger partial charge is 0.0350 e. The van der Waals surface area contributed by atoms with Gasteiger partial charge in [-0.3, -0.25) is 0 Å². The molecule has 0 bridgehead atoms. The van der Waals surface area contributed by atoms with Crippen LogP contribution in [0.1, 0.15) is 17.5 Å². The molecule has 0 radical (unpaired) electrons. The van der Waals surface area contributed by atoms with Gasteiger partial charge in [-0.05, 0) is 42.5 Å². The number of nitrogens with one attached hydrogen (secondary N) is 1. The van der Waals surface area contributed by atoms with E-state index in [1.165, 1.54) is 11.1 Å². The second-order valence-corrected chi connectivity index (χ2v) is 5.66. The van der Waals surface area contributed by atoms with E-state index in [1.807, 2.05) is 6.08 Å². The molecule has 2 nitrogen and oxygen atoms in total. The predicted molar refractivity (Wildman–Crippen MR) is 76.2 cm³/mol.